The highest BCUT2D eigenvalue weighted by atomic mass is 79.9. The molecule has 28 heavy (non-hydrogen) atoms. The van der Waals surface area contributed by atoms with Gasteiger partial charge in [-0.2, -0.15) is 0 Å². The first kappa shape index (κ1) is 20.4. The number of ether oxygens (including phenoxy) is 2. The van der Waals surface area contributed by atoms with Crippen molar-refractivity contribution in [3.8, 4) is 5.75 Å². The Morgan fingerprint density at radius 2 is 2.00 bits per heavy atom. The molecule has 2 N–H and O–H groups in total. The molecule has 2 aromatic rings. The summed E-state index contributed by atoms with van der Waals surface area (Å²) in [6.07, 6.45) is 2.20. The molecule has 3 rings (SSSR count). The van der Waals surface area contributed by atoms with Crippen LogP contribution in [0.3, 0.4) is 0 Å². The zero-order chi connectivity index (χ0) is 19.9. The molecule has 1 atom stereocenters. The maximum absolute atomic E-state index is 12.6. The van der Waals surface area contributed by atoms with E-state index >= 15 is 0 Å². The number of hydrogen-bond donors (Lipinski definition) is 2. The van der Waals surface area contributed by atoms with Crippen LogP contribution in [0.2, 0.25) is 0 Å². The summed E-state index contributed by atoms with van der Waals surface area (Å²) in [5.41, 5.74) is 1.54. The molecule has 0 aliphatic carbocycles. The molecule has 0 aromatic heterocycles. The Balaban J connectivity index is 1.63. The fourth-order valence-electron chi connectivity index (χ4n) is 2.92. The van der Waals surface area contributed by atoms with Gasteiger partial charge in [-0.25, -0.2) is 0 Å². The third kappa shape index (κ3) is 5.33. The van der Waals surface area contributed by atoms with Crippen LogP contribution in [0.15, 0.2) is 46.9 Å². The van der Waals surface area contributed by atoms with Gasteiger partial charge >= 0.3 is 0 Å². The quantitative estimate of drug-likeness (QED) is 0.673. The number of benzene rings is 2. The minimum Gasteiger partial charge on any atom is -0.490 e. The third-order valence-corrected chi connectivity index (χ3v) is 4.98. The lowest BCUT2D eigenvalue weighted by Crippen LogP contribution is -2.22. The molecule has 0 radical (unpaired) electrons. The van der Waals surface area contributed by atoms with Gasteiger partial charge in [0.15, 0.2) is 0 Å². The molecule has 0 bridgehead atoms. The van der Waals surface area contributed by atoms with Crippen LogP contribution >= 0.6 is 15.9 Å². The van der Waals surface area contributed by atoms with E-state index in [1.165, 1.54) is 0 Å². The molecule has 7 heteroatoms. The van der Waals surface area contributed by atoms with E-state index in [0.29, 0.717) is 40.2 Å². The molecular formula is C21H23BrN2O4. The lowest BCUT2D eigenvalue weighted by molar-refractivity contribution is 0.0677. The van der Waals surface area contributed by atoms with E-state index in [1.54, 1.807) is 42.5 Å². The maximum atomic E-state index is 12.6. The first-order chi connectivity index (χ1) is 13.6. The van der Waals surface area contributed by atoms with Crippen LogP contribution in [-0.4, -0.2) is 37.7 Å². The number of nitrogens with one attached hydrogen (secondary N) is 2. The van der Waals surface area contributed by atoms with Gasteiger partial charge in [0.05, 0.1) is 10.6 Å². The molecule has 148 valence electrons. The minimum atomic E-state index is -0.264. The van der Waals surface area contributed by atoms with Gasteiger partial charge in [0.25, 0.3) is 11.8 Å². The molecular weight excluding hydrogens is 424 g/mol. The maximum Gasteiger partial charge on any atom is 0.255 e. The van der Waals surface area contributed by atoms with E-state index < -0.39 is 0 Å². The number of anilines is 1. The SMILES string of the molecule is CCNC(=O)c1cccc(NC(=O)c2ccc(OCC3CCCO3)c(Br)c2)c1. The summed E-state index contributed by atoms with van der Waals surface area (Å²) in [6, 6.07) is 12.0. The Hall–Kier alpha value is -2.38. The van der Waals surface area contributed by atoms with Gasteiger partial charge < -0.3 is 20.1 Å². The summed E-state index contributed by atoms with van der Waals surface area (Å²) in [6.45, 7) is 3.69. The van der Waals surface area contributed by atoms with Crippen molar-refractivity contribution in [2.24, 2.45) is 0 Å². The summed E-state index contributed by atoms with van der Waals surface area (Å²) < 4.78 is 12.0. The monoisotopic (exact) mass is 446 g/mol. The van der Waals surface area contributed by atoms with Crippen LogP contribution in [0.25, 0.3) is 0 Å². The highest BCUT2D eigenvalue weighted by Crippen LogP contribution is 2.27. The topological polar surface area (TPSA) is 76.7 Å². The molecule has 0 saturated carbocycles. The van der Waals surface area contributed by atoms with Gasteiger partial charge in [-0.05, 0) is 72.1 Å². The Labute approximate surface area is 172 Å². The van der Waals surface area contributed by atoms with Gasteiger partial charge in [0.2, 0.25) is 0 Å². The van der Waals surface area contributed by atoms with Crippen LogP contribution in [0.1, 0.15) is 40.5 Å². The minimum absolute atomic E-state index is 0.132. The summed E-state index contributed by atoms with van der Waals surface area (Å²) in [5.74, 6) is 0.235. The summed E-state index contributed by atoms with van der Waals surface area (Å²) >= 11 is 3.46. The van der Waals surface area contributed by atoms with E-state index in [0.717, 1.165) is 19.4 Å². The first-order valence-electron chi connectivity index (χ1n) is 9.30. The zero-order valence-corrected chi connectivity index (χ0v) is 17.3. The number of carbonyl (C=O) groups is 2. The summed E-state index contributed by atoms with van der Waals surface area (Å²) in [7, 11) is 0. The van der Waals surface area contributed by atoms with E-state index in [2.05, 4.69) is 26.6 Å². The van der Waals surface area contributed by atoms with E-state index in [4.69, 9.17) is 9.47 Å². The average Bonchev–Trinajstić information content (AvgIpc) is 3.21. The fraction of sp³-hybridized carbons (Fsp3) is 0.333. The van der Waals surface area contributed by atoms with Gasteiger partial charge in [-0.15, -0.1) is 0 Å². The van der Waals surface area contributed by atoms with Crippen molar-refractivity contribution in [3.63, 3.8) is 0 Å². The molecule has 2 aromatic carbocycles. The van der Waals surface area contributed by atoms with Crippen LogP contribution < -0.4 is 15.4 Å². The number of hydrogen-bond acceptors (Lipinski definition) is 4. The van der Waals surface area contributed by atoms with Crippen LogP contribution in [0, 0.1) is 0 Å². The second kappa shape index (κ2) is 9.71. The largest absolute Gasteiger partial charge is 0.490 e. The van der Waals surface area contributed by atoms with Crippen molar-refractivity contribution in [3.05, 3.63) is 58.1 Å². The van der Waals surface area contributed by atoms with Crippen molar-refractivity contribution in [1.82, 2.24) is 5.32 Å². The Morgan fingerprint density at radius 1 is 1.18 bits per heavy atom. The molecule has 1 aliphatic rings. The molecule has 0 spiro atoms. The van der Waals surface area contributed by atoms with Crippen molar-refractivity contribution in [2.45, 2.75) is 25.9 Å². The van der Waals surface area contributed by atoms with Gasteiger partial charge in [0.1, 0.15) is 12.4 Å². The van der Waals surface area contributed by atoms with E-state index in [9.17, 15) is 9.59 Å². The molecule has 1 fully saturated rings. The molecule has 1 saturated heterocycles. The normalized spacial score (nSPS) is 15.9. The van der Waals surface area contributed by atoms with E-state index in [1.807, 2.05) is 6.92 Å². The number of carbonyl (C=O) groups excluding carboxylic acids is 2. The van der Waals surface area contributed by atoms with Crippen molar-refractivity contribution in [1.29, 1.82) is 0 Å². The molecule has 1 aliphatic heterocycles. The summed E-state index contributed by atoms with van der Waals surface area (Å²) in [4.78, 5) is 24.5. The smallest absolute Gasteiger partial charge is 0.255 e. The van der Waals surface area contributed by atoms with Crippen molar-refractivity contribution in [2.75, 3.05) is 25.1 Å². The lowest BCUT2D eigenvalue weighted by Gasteiger charge is -2.13. The van der Waals surface area contributed by atoms with E-state index in [-0.39, 0.29) is 17.9 Å². The van der Waals surface area contributed by atoms with Crippen LogP contribution in [0.4, 0.5) is 5.69 Å². The molecule has 1 unspecified atom stereocenters. The molecule has 1 heterocycles. The Bertz CT molecular complexity index is 850. The Kier molecular flexibility index (Phi) is 7.06. The lowest BCUT2D eigenvalue weighted by atomic mass is 10.1. The zero-order valence-electron chi connectivity index (χ0n) is 15.7. The molecule has 2 amide bonds. The predicted molar refractivity (Wildman–Crippen MR) is 111 cm³/mol. The number of rotatable bonds is 7. The van der Waals surface area contributed by atoms with Crippen LogP contribution in [0.5, 0.6) is 5.75 Å². The first-order valence-corrected chi connectivity index (χ1v) is 10.1. The standard InChI is InChI=1S/C21H23BrN2O4/c1-2-23-20(25)14-5-3-6-16(11-14)24-21(26)15-8-9-19(18(22)12-15)28-13-17-7-4-10-27-17/h3,5-6,8-9,11-12,17H,2,4,7,10,13H2,1H3,(H,23,25)(H,24,26). The second-order valence-electron chi connectivity index (χ2n) is 6.49. The predicted octanol–water partition coefficient (Wildman–Crippen LogP) is 4.01. The molecule has 6 nitrogen and oxygen atoms in total. The summed E-state index contributed by atoms with van der Waals surface area (Å²) in [5, 5.41) is 5.56. The third-order valence-electron chi connectivity index (χ3n) is 4.36. The van der Waals surface area contributed by atoms with Crippen molar-refractivity contribution < 1.29 is 19.1 Å². The van der Waals surface area contributed by atoms with Crippen LogP contribution in [-0.2, 0) is 4.74 Å². The van der Waals surface area contributed by atoms with Gasteiger partial charge in [-0.1, -0.05) is 6.07 Å². The highest BCUT2D eigenvalue weighted by Gasteiger charge is 2.17. The van der Waals surface area contributed by atoms with Gasteiger partial charge in [-0.3, -0.25) is 9.59 Å². The second-order valence-corrected chi connectivity index (χ2v) is 7.34. The Morgan fingerprint density at radius 3 is 2.71 bits per heavy atom. The highest BCUT2D eigenvalue weighted by molar-refractivity contribution is 9.10. The number of amides is 2. The fourth-order valence-corrected chi connectivity index (χ4v) is 3.41. The van der Waals surface area contributed by atoms with Gasteiger partial charge in [0, 0.05) is 30.0 Å². The van der Waals surface area contributed by atoms with Crippen molar-refractivity contribution >= 4 is 33.4 Å². The number of halogens is 1. The average molecular weight is 447 g/mol.